The molecule has 1 aromatic rings. The molecule has 0 unspecified atom stereocenters. The molecule has 1 fully saturated rings. The molecule has 13 heavy (non-hydrogen) atoms. The highest BCUT2D eigenvalue weighted by Crippen LogP contribution is 2.43. The van der Waals surface area contributed by atoms with Crippen LogP contribution in [0.25, 0.3) is 0 Å². The van der Waals surface area contributed by atoms with Crippen LogP contribution in [-0.4, -0.2) is 5.33 Å². The SMILES string of the molecule is Clc1ccc(C2(CBr)CCCC2)o1. The molecule has 0 bridgehead atoms. The molecule has 1 heterocycles. The lowest BCUT2D eigenvalue weighted by Crippen LogP contribution is -2.22. The van der Waals surface area contributed by atoms with Gasteiger partial charge >= 0.3 is 0 Å². The van der Waals surface area contributed by atoms with Crippen molar-refractivity contribution in [1.29, 1.82) is 0 Å². The molecule has 0 aliphatic heterocycles. The fourth-order valence-electron chi connectivity index (χ4n) is 2.10. The first kappa shape index (κ1) is 9.60. The summed E-state index contributed by atoms with van der Waals surface area (Å²) in [5.74, 6) is 1.05. The Kier molecular flexibility index (Phi) is 2.70. The van der Waals surface area contributed by atoms with Crippen molar-refractivity contribution < 1.29 is 4.42 Å². The molecule has 0 amide bonds. The summed E-state index contributed by atoms with van der Waals surface area (Å²) in [6.07, 6.45) is 5.01. The van der Waals surface area contributed by atoms with E-state index in [4.69, 9.17) is 16.0 Å². The lowest BCUT2D eigenvalue weighted by Gasteiger charge is -2.23. The minimum absolute atomic E-state index is 0.215. The summed E-state index contributed by atoms with van der Waals surface area (Å²) in [5, 5.41) is 1.48. The molecule has 0 radical (unpaired) electrons. The number of rotatable bonds is 2. The molecule has 2 rings (SSSR count). The Morgan fingerprint density at radius 2 is 2.08 bits per heavy atom. The van der Waals surface area contributed by atoms with E-state index >= 15 is 0 Å². The maximum Gasteiger partial charge on any atom is 0.193 e. The van der Waals surface area contributed by atoms with Crippen LogP contribution in [0.4, 0.5) is 0 Å². The quantitative estimate of drug-likeness (QED) is 0.731. The largest absolute Gasteiger partial charge is 0.449 e. The molecule has 1 saturated carbocycles. The van der Waals surface area contributed by atoms with Gasteiger partial charge in [-0.05, 0) is 36.6 Å². The summed E-state index contributed by atoms with van der Waals surface area (Å²) in [6, 6.07) is 3.84. The van der Waals surface area contributed by atoms with Gasteiger partial charge in [0.2, 0.25) is 0 Å². The average Bonchev–Trinajstić information content (AvgIpc) is 2.73. The lowest BCUT2D eigenvalue weighted by atomic mass is 9.86. The van der Waals surface area contributed by atoms with Crippen molar-refractivity contribution >= 4 is 27.5 Å². The van der Waals surface area contributed by atoms with Gasteiger partial charge in [0.05, 0.1) is 0 Å². The zero-order chi connectivity index (χ0) is 9.31. The fourth-order valence-corrected chi connectivity index (χ4v) is 3.08. The molecule has 1 aliphatic carbocycles. The van der Waals surface area contributed by atoms with Gasteiger partial charge in [0.15, 0.2) is 5.22 Å². The number of alkyl halides is 1. The van der Waals surface area contributed by atoms with E-state index < -0.39 is 0 Å². The molecule has 1 nitrogen and oxygen atoms in total. The second kappa shape index (κ2) is 3.66. The Bertz CT molecular complexity index is 289. The van der Waals surface area contributed by atoms with E-state index in [0.29, 0.717) is 5.22 Å². The molecule has 0 N–H and O–H groups in total. The summed E-state index contributed by atoms with van der Waals surface area (Å²) in [7, 11) is 0. The third-order valence-corrected chi connectivity index (χ3v) is 4.19. The summed E-state index contributed by atoms with van der Waals surface area (Å²) in [4.78, 5) is 0. The van der Waals surface area contributed by atoms with Crippen molar-refractivity contribution in [3.05, 3.63) is 23.1 Å². The monoisotopic (exact) mass is 262 g/mol. The molecular weight excluding hydrogens is 251 g/mol. The van der Waals surface area contributed by atoms with Crippen molar-refractivity contribution in [3.63, 3.8) is 0 Å². The van der Waals surface area contributed by atoms with Crippen LogP contribution in [0, 0.1) is 0 Å². The Hall–Kier alpha value is 0.0500. The molecule has 1 aromatic heterocycles. The predicted octanol–water partition coefficient (Wildman–Crippen LogP) is 4.14. The number of halogens is 2. The van der Waals surface area contributed by atoms with E-state index in [1.807, 2.05) is 12.1 Å². The van der Waals surface area contributed by atoms with Crippen molar-refractivity contribution in [2.75, 3.05) is 5.33 Å². The van der Waals surface area contributed by atoms with Gasteiger partial charge in [0.25, 0.3) is 0 Å². The van der Waals surface area contributed by atoms with Crippen LogP contribution in [0.5, 0.6) is 0 Å². The van der Waals surface area contributed by atoms with Crippen LogP contribution >= 0.6 is 27.5 Å². The van der Waals surface area contributed by atoms with Gasteiger partial charge in [0.1, 0.15) is 5.76 Å². The smallest absolute Gasteiger partial charge is 0.193 e. The minimum atomic E-state index is 0.215. The first-order valence-electron chi connectivity index (χ1n) is 4.59. The van der Waals surface area contributed by atoms with Crippen molar-refractivity contribution in [1.82, 2.24) is 0 Å². The second-order valence-electron chi connectivity index (χ2n) is 3.72. The number of hydrogen-bond acceptors (Lipinski definition) is 1. The highest BCUT2D eigenvalue weighted by atomic mass is 79.9. The van der Waals surface area contributed by atoms with Crippen LogP contribution in [0.2, 0.25) is 5.22 Å². The maximum absolute atomic E-state index is 5.78. The van der Waals surface area contributed by atoms with E-state index in [1.165, 1.54) is 25.7 Å². The van der Waals surface area contributed by atoms with Crippen molar-refractivity contribution in [2.24, 2.45) is 0 Å². The summed E-state index contributed by atoms with van der Waals surface area (Å²) in [6.45, 7) is 0. The van der Waals surface area contributed by atoms with Crippen molar-refractivity contribution in [3.8, 4) is 0 Å². The highest BCUT2D eigenvalue weighted by Gasteiger charge is 2.37. The zero-order valence-corrected chi connectivity index (χ0v) is 9.70. The van der Waals surface area contributed by atoms with Gasteiger partial charge in [-0.2, -0.15) is 0 Å². The van der Waals surface area contributed by atoms with Crippen LogP contribution in [0.1, 0.15) is 31.4 Å². The van der Waals surface area contributed by atoms with Crippen LogP contribution < -0.4 is 0 Å². The van der Waals surface area contributed by atoms with Gasteiger partial charge in [-0.3, -0.25) is 0 Å². The second-order valence-corrected chi connectivity index (χ2v) is 4.66. The minimum Gasteiger partial charge on any atom is -0.449 e. The molecular formula is C10H12BrClO. The molecule has 0 saturated heterocycles. The van der Waals surface area contributed by atoms with Crippen LogP contribution in [-0.2, 0) is 5.41 Å². The maximum atomic E-state index is 5.78. The predicted molar refractivity (Wildman–Crippen MR) is 57.7 cm³/mol. The van der Waals surface area contributed by atoms with Crippen LogP contribution in [0.15, 0.2) is 16.5 Å². The normalized spacial score (nSPS) is 20.8. The first-order valence-corrected chi connectivity index (χ1v) is 6.09. The Morgan fingerprint density at radius 1 is 1.38 bits per heavy atom. The van der Waals surface area contributed by atoms with E-state index in [1.54, 1.807) is 0 Å². The van der Waals surface area contributed by atoms with Gasteiger partial charge in [0, 0.05) is 10.7 Å². The summed E-state index contributed by atoms with van der Waals surface area (Å²) in [5.41, 5.74) is 0.215. The third-order valence-electron chi connectivity index (χ3n) is 2.91. The van der Waals surface area contributed by atoms with Gasteiger partial charge in [-0.1, -0.05) is 28.8 Å². The molecule has 72 valence electrons. The summed E-state index contributed by atoms with van der Waals surface area (Å²) >= 11 is 9.35. The molecule has 3 heteroatoms. The Morgan fingerprint density at radius 3 is 2.54 bits per heavy atom. The Balaban J connectivity index is 2.30. The number of hydrogen-bond donors (Lipinski definition) is 0. The number of furan rings is 1. The van der Waals surface area contributed by atoms with Crippen molar-refractivity contribution in [2.45, 2.75) is 31.1 Å². The molecule has 0 spiro atoms. The van der Waals surface area contributed by atoms with Gasteiger partial charge < -0.3 is 4.42 Å². The molecule has 0 aromatic carbocycles. The Labute approximate surface area is 91.6 Å². The van der Waals surface area contributed by atoms with E-state index in [2.05, 4.69) is 15.9 Å². The topological polar surface area (TPSA) is 13.1 Å². The van der Waals surface area contributed by atoms with Crippen LogP contribution in [0.3, 0.4) is 0 Å². The van der Waals surface area contributed by atoms with E-state index in [9.17, 15) is 0 Å². The average molecular weight is 264 g/mol. The van der Waals surface area contributed by atoms with Gasteiger partial charge in [-0.15, -0.1) is 0 Å². The fraction of sp³-hybridized carbons (Fsp3) is 0.600. The highest BCUT2D eigenvalue weighted by molar-refractivity contribution is 9.09. The first-order chi connectivity index (χ1) is 6.27. The van der Waals surface area contributed by atoms with E-state index in [0.717, 1.165) is 11.1 Å². The third kappa shape index (κ3) is 1.66. The van der Waals surface area contributed by atoms with Gasteiger partial charge in [-0.25, -0.2) is 0 Å². The molecule has 0 atom stereocenters. The summed E-state index contributed by atoms with van der Waals surface area (Å²) < 4.78 is 5.50. The molecule has 1 aliphatic rings. The standard InChI is InChI=1S/C10H12BrClO/c11-7-10(5-1-2-6-10)8-3-4-9(12)13-8/h3-4H,1-2,5-7H2. The van der Waals surface area contributed by atoms with E-state index in [-0.39, 0.29) is 5.41 Å². The lowest BCUT2D eigenvalue weighted by molar-refractivity contribution is 0.375. The zero-order valence-electron chi connectivity index (χ0n) is 7.35.